The van der Waals surface area contributed by atoms with Crippen LogP contribution < -0.4 is 9.64 Å². The van der Waals surface area contributed by atoms with Crippen molar-refractivity contribution in [1.82, 2.24) is 9.88 Å². The van der Waals surface area contributed by atoms with Gasteiger partial charge in [0.25, 0.3) is 5.91 Å². The maximum atomic E-state index is 14.6. The number of aryl methyl sites for hydroxylation is 1. The van der Waals surface area contributed by atoms with Gasteiger partial charge in [-0.3, -0.25) is 14.5 Å². The van der Waals surface area contributed by atoms with E-state index >= 15 is 0 Å². The van der Waals surface area contributed by atoms with E-state index < -0.39 is 11.9 Å². The first-order valence-corrected chi connectivity index (χ1v) is 9.90. The SMILES string of the molecule is COc1cnc(N2CC(=O)N(Cc3ccc(Cl)c(C)c3)[C@H](C3COC3)C2=O)c(F)c1. The van der Waals surface area contributed by atoms with Crippen molar-refractivity contribution in [2.45, 2.75) is 19.5 Å². The molecule has 4 rings (SSSR count). The van der Waals surface area contributed by atoms with Crippen LogP contribution in [-0.2, 0) is 20.9 Å². The third-order valence-corrected chi connectivity index (χ3v) is 5.87. The Hall–Kier alpha value is -2.71. The Morgan fingerprint density at radius 2 is 2.07 bits per heavy atom. The molecule has 2 amide bonds. The second-order valence-electron chi connectivity index (χ2n) is 7.45. The molecular weight excluding hydrogens is 413 g/mol. The summed E-state index contributed by atoms with van der Waals surface area (Å²) in [5.74, 6) is -1.47. The van der Waals surface area contributed by atoms with Gasteiger partial charge in [-0.05, 0) is 24.1 Å². The maximum absolute atomic E-state index is 14.6. The summed E-state index contributed by atoms with van der Waals surface area (Å²) in [5.41, 5.74) is 1.75. The third-order valence-electron chi connectivity index (χ3n) is 5.44. The first-order valence-electron chi connectivity index (χ1n) is 9.52. The van der Waals surface area contributed by atoms with Gasteiger partial charge in [0.15, 0.2) is 11.6 Å². The number of rotatable bonds is 5. The molecule has 158 valence electrons. The molecule has 1 aromatic heterocycles. The third kappa shape index (κ3) is 3.73. The van der Waals surface area contributed by atoms with Gasteiger partial charge in [-0.2, -0.15) is 0 Å². The number of ether oxygens (including phenoxy) is 2. The summed E-state index contributed by atoms with van der Waals surface area (Å²) in [6, 6.07) is 5.89. The van der Waals surface area contributed by atoms with Crippen LogP contribution in [0.3, 0.4) is 0 Å². The maximum Gasteiger partial charge on any atom is 0.251 e. The lowest BCUT2D eigenvalue weighted by Crippen LogP contribution is -2.65. The van der Waals surface area contributed by atoms with E-state index in [2.05, 4.69) is 4.98 Å². The molecule has 1 atom stereocenters. The smallest absolute Gasteiger partial charge is 0.251 e. The molecule has 0 N–H and O–H groups in total. The number of anilines is 1. The van der Waals surface area contributed by atoms with Crippen LogP contribution in [0.5, 0.6) is 5.75 Å². The molecule has 0 radical (unpaired) electrons. The standard InChI is InChI=1S/C21H21ClFN3O4/c1-12-5-13(3-4-16(12)22)8-25-18(27)9-26(21(28)19(25)14-10-30-11-14)20-17(23)6-15(29-2)7-24-20/h3-7,14,19H,8-11H2,1-2H3/t19-/m1/s1. The molecule has 3 heterocycles. The highest BCUT2D eigenvalue weighted by Crippen LogP contribution is 2.31. The van der Waals surface area contributed by atoms with Gasteiger partial charge in [-0.25, -0.2) is 9.37 Å². The fourth-order valence-electron chi connectivity index (χ4n) is 3.74. The van der Waals surface area contributed by atoms with Crippen molar-refractivity contribution in [3.05, 3.63) is 52.4 Å². The second-order valence-corrected chi connectivity index (χ2v) is 7.86. The molecule has 30 heavy (non-hydrogen) atoms. The van der Waals surface area contributed by atoms with Crippen molar-refractivity contribution in [3.63, 3.8) is 0 Å². The summed E-state index contributed by atoms with van der Waals surface area (Å²) in [4.78, 5) is 33.1. The van der Waals surface area contributed by atoms with Crippen LogP contribution in [-0.4, -0.2) is 54.6 Å². The number of benzene rings is 1. The van der Waals surface area contributed by atoms with Crippen molar-refractivity contribution in [3.8, 4) is 5.75 Å². The summed E-state index contributed by atoms with van der Waals surface area (Å²) in [5, 5.41) is 0.635. The lowest BCUT2D eigenvalue weighted by molar-refractivity contribution is -0.155. The molecule has 0 bridgehead atoms. The van der Waals surface area contributed by atoms with Crippen LogP contribution in [0.2, 0.25) is 5.02 Å². The fourth-order valence-corrected chi connectivity index (χ4v) is 3.85. The molecule has 2 aromatic rings. The van der Waals surface area contributed by atoms with Gasteiger partial charge >= 0.3 is 0 Å². The number of piperazine rings is 1. The lowest BCUT2D eigenvalue weighted by atomic mass is 9.92. The molecule has 0 saturated carbocycles. The summed E-state index contributed by atoms with van der Waals surface area (Å²) in [6.07, 6.45) is 1.32. The van der Waals surface area contributed by atoms with Crippen LogP contribution in [0.25, 0.3) is 0 Å². The molecule has 0 unspecified atom stereocenters. The highest BCUT2D eigenvalue weighted by molar-refractivity contribution is 6.31. The number of methoxy groups -OCH3 is 1. The van der Waals surface area contributed by atoms with E-state index in [4.69, 9.17) is 21.1 Å². The molecule has 2 aliphatic heterocycles. The zero-order valence-corrected chi connectivity index (χ0v) is 17.4. The predicted molar refractivity (Wildman–Crippen MR) is 108 cm³/mol. The van der Waals surface area contributed by atoms with E-state index in [0.29, 0.717) is 18.2 Å². The van der Waals surface area contributed by atoms with Gasteiger partial charge in [0.2, 0.25) is 5.91 Å². The van der Waals surface area contributed by atoms with Crippen LogP contribution in [0, 0.1) is 18.7 Å². The highest BCUT2D eigenvalue weighted by Gasteiger charge is 2.47. The minimum atomic E-state index is -0.751. The molecule has 0 aliphatic carbocycles. The van der Waals surface area contributed by atoms with Crippen LogP contribution >= 0.6 is 11.6 Å². The molecule has 9 heteroatoms. The average molecular weight is 434 g/mol. The van der Waals surface area contributed by atoms with E-state index in [1.807, 2.05) is 19.1 Å². The monoisotopic (exact) mass is 433 g/mol. The Kier molecular flexibility index (Phi) is 5.62. The largest absolute Gasteiger partial charge is 0.495 e. The van der Waals surface area contributed by atoms with Gasteiger partial charge in [-0.15, -0.1) is 0 Å². The zero-order valence-electron chi connectivity index (χ0n) is 16.6. The van der Waals surface area contributed by atoms with Gasteiger partial charge < -0.3 is 14.4 Å². The quantitative estimate of drug-likeness (QED) is 0.724. The van der Waals surface area contributed by atoms with E-state index in [1.165, 1.54) is 13.3 Å². The fraction of sp³-hybridized carbons (Fsp3) is 0.381. The van der Waals surface area contributed by atoms with Crippen LogP contribution in [0.4, 0.5) is 10.2 Å². The number of hydrogen-bond donors (Lipinski definition) is 0. The van der Waals surface area contributed by atoms with Crippen molar-refractivity contribution in [2.75, 3.05) is 31.8 Å². The average Bonchev–Trinajstić information content (AvgIpc) is 2.68. The van der Waals surface area contributed by atoms with Gasteiger partial charge in [0, 0.05) is 23.6 Å². The molecule has 0 spiro atoms. The Balaban J connectivity index is 1.65. The normalized spacial score (nSPS) is 19.8. The van der Waals surface area contributed by atoms with Crippen molar-refractivity contribution in [1.29, 1.82) is 0 Å². The number of carbonyl (C=O) groups excluding carboxylic acids is 2. The molecular formula is C21H21ClFN3O4. The van der Waals surface area contributed by atoms with Crippen LogP contribution in [0.1, 0.15) is 11.1 Å². The van der Waals surface area contributed by atoms with Gasteiger partial charge in [0.05, 0.1) is 26.5 Å². The van der Waals surface area contributed by atoms with Crippen LogP contribution in [0.15, 0.2) is 30.5 Å². The van der Waals surface area contributed by atoms with Gasteiger partial charge in [0.1, 0.15) is 18.3 Å². The van der Waals surface area contributed by atoms with E-state index in [0.717, 1.165) is 22.1 Å². The molecule has 2 saturated heterocycles. The first-order chi connectivity index (χ1) is 14.4. The predicted octanol–water partition coefficient (Wildman–Crippen LogP) is 2.58. The number of nitrogens with zero attached hydrogens (tertiary/aromatic N) is 3. The minimum Gasteiger partial charge on any atom is -0.495 e. The van der Waals surface area contributed by atoms with Crippen molar-refractivity contribution in [2.24, 2.45) is 5.92 Å². The summed E-state index contributed by atoms with van der Waals surface area (Å²) >= 11 is 6.10. The number of amides is 2. The van der Waals surface area contributed by atoms with E-state index in [1.54, 1.807) is 11.0 Å². The van der Waals surface area contributed by atoms with Gasteiger partial charge in [-0.1, -0.05) is 23.7 Å². The highest BCUT2D eigenvalue weighted by atomic mass is 35.5. The second kappa shape index (κ2) is 8.20. The summed E-state index contributed by atoms with van der Waals surface area (Å²) in [6.45, 7) is 2.59. The minimum absolute atomic E-state index is 0.154. The number of pyridine rings is 1. The lowest BCUT2D eigenvalue weighted by Gasteiger charge is -2.45. The van der Waals surface area contributed by atoms with E-state index in [-0.39, 0.29) is 42.4 Å². The Bertz CT molecular complexity index is 998. The first kappa shape index (κ1) is 20.6. The van der Waals surface area contributed by atoms with Crippen molar-refractivity contribution >= 4 is 29.2 Å². The molecule has 2 aliphatic rings. The molecule has 7 nitrogen and oxygen atoms in total. The molecule has 2 fully saturated rings. The number of hydrogen-bond acceptors (Lipinski definition) is 5. The number of halogens is 2. The Morgan fingerprint density at radius 1 is 1.30 bits per heavy atom. The number of carbonyl (C=O) groups is 2. The summed E-state index contributed by atoms with van der Waals surface area (Å²) in [7, 11) is 1.40. The topological polar surface area (TPSA) is 72.0 Å². The Labute approximate surface area is 178 Å². The Morgan fingerprint density at radius 3 is 2.67 bits per heavy atom. The van der Waals surface area contributed by atoms with E-state index in [9.17, 15) is 14.0 Å². The molecule has 1 aromatic carbocycles. The summed E-state index contributed by atoms with van der Waals surface area (Å²) < 4.78 is 24.8. The number of aromatic nitrogens is 1. The zero-order chi connectivity index (χ0) is 21.4. The van der Waals surface area contributed by atoms with Crippen molar-refractivity contribution < 1.29 is 23.5 Å².